The van der Waals surface area contributed by atoms with Crippen LogP contribution in [0.5, 0.6) is 5.75 Å². The third-order valence-electron chi connectivity index (χ3n) is 10.1. The number of nitrogens with zero attached hydrogens (tertiary/aromatic N) is 2. The van der Waals surface area contributed by atoms with E-state index in [1.807, 2.05) is 6.07 Å². The topological polar surface area (TPSA) is 26.7 Å². The van der Waals surface area contributed by atoms with E-state index in [2.05, 4.69) is 66.1 Å². The minimum Gasteiger partial charge on any atom is -0.508 e. The van der Waals surface area contributed by atoms with Gasteiger partial charge in [0.25, 0.3) is 0 Å². The van der Waals surface area contributed by atoms with E-state index in [-0.39, 0.29) is 5.41 Å². The number of likely N-dealkylation sites (tertiary alicyclic amines) is 2. The standard InChI is InChI=1S/C30H40N2O/c1-22-28-17-23-11-12-26(33)18-27(23)29(22,2)13-16-32(28)20-25-19-30(25,24-9-5-3-6-10-24)21-31-14-7-4-8-15-31/h3,5-6,9-12,18,22,25,28,33H,4,7-8,13-17,19-21H2,1-2H3/t22-,25-,28+,29+,30+/m0/s1. The van der Waals surface area contributed by atoms with Gasteiger partial charge in [0.2, 0.25) is 0 Å². The Morgan fingerprint density at radius 3 is 2.58 bits per heavy atom. The van der Waals surface area contributed by atoms with Crippen molar-refractivity contribution in [2.24, 2.45) is 11.8 Å². The summed E-state index contributed by atoms with van der Waals surface area (Å²) in [5.74, 6) is 1.80. The summed E-state index contributed by atoms with van der Waals surface area (Å²) >= 11 is 0. The zero-order chi connectivity index (χ0) is 22.6. The van der Waals surface area contributed by atoms with Gasteiger partial charge in [0.1, 0.15) is 5.75 Å². The Labute approximate surface area is 199 Å². The Balaban J connectivity index is 1.24. The largest absolute Gasteiger partial charge is 0.508 e. The molecule has 3 nitrogen and oxygen atoms in total. The monoisotopic (exact) mass is 444 g/mol. The maximum absolute atomic E-state index is 10.2. The minimum absolute atomic E-state index is 0.182. The summed E-state index contributed by atoms with van der Waals surface area (Å²) < 4.78 is 0. The third kappa shape index (κ3) is 3.63. The molecule has 2 aromatic rings. The number of fused-ring (bicyclic) bond motifs is 4. The Morgan fingerprint density at radius 1 is 1.00 bits per heavy atom. The maximum atomic E-state index is 10.2. The average molecular weight is 445 g/mol. The van der Waals surface area contributed by atoms with Gasteiger partial charge in [0, 0.05) is 24.5 Å². The molecule has 176 valence electrons. The van der Waals surface area contributed by atoms with E-state index in [1.165, 1.54) is 76.0 Å². The van der Waals surface area contributed by atoms with Gasteiger partial charge >= 0.3 is 0 Å². The van der Waals surface area contributed by atoms with Crippen LogP contribution < -0.4 is 0 Å². The smallest absolute Gasteiger partial charge is 0.115 e. The Bertz CT molecular complexity index is 1000. The van der Waals surface area contributed by atoms with Crippen LogP contribution in [0.1, 0.15) is 62.6 Å². The van der Waals surface area contributed by atoms with Crippen LogP contribution in [-0.4, -0.2) is 53.7 Å². The minimum atomic E-state index is 0.182. The highest BCUT2D eigenvalue weighted by Crippen LogP contribution is 2.57. The molecule has 2 aliphatic carbocycles. The number of benzene rings is 2. The summed E-state index contributed by atoms with van der Waals surface area (Å²) in [4.78, 5) is 5.61. The lowest BCUT2D eigenvalue weighted by atomic mass is 9.59. The highest BCUT2D eigenvalue weighted by Gasteiger charge is 2.57. The predicted octanol–water partition coefficient (Wildman–Crippen LogP) is 5.36. The lowest BCUT2D eigenvalue weighted by Crippen LogP contribution is -2.58. The predicted molar refractivity (Wildman–Crippen MR) is 135 cm³/mol. The molecule has 2 saturated heterocycles. The van der Waals surface area contributed by atoms with Crippen molar-refractivity contribution in [3.63, 3.8) is 0 Å². The molecule has 3 fully saturated rings. The molecule has 0 amide bonds. The van der Waals surface area contributed by atoms with Crippen LogP contribution in [0.3, 0.4) is 0 Å². The van der Waals surface area contributed by atoms with Gasteiger partial charge in [0.15, 0.2) is 0 Å². The summed E-state index contributed by atoms with van der Waals surface area (Å²) in [6.45, 7) is 11.2. The van der Waals surface area contributed by atoms with Crippen molar-refractivity contribution in [3.05, 3.63) is 65.2 Å². The van der Waals surface area contributed by atoms with Crippen LogP contribution in [0.4, 0.5) is 0 Å². The summed E-state index contributed by atoms with van der Waals surface area (Å²) in [5, 5.41) is 10.2. The average Bonchev–Trinajstić information content (AvgIpc) is 3.53. The number of hydrogen-bond donors (Lipinski definition) is 1. The first-order valence-electron chi connectivity index (χ1n) is 13.3. The summed E-state index contributed by atoms with van der Waals surface area (Å²) in [6.07, 6.45) is 7.81. The molecule has 2 aromatic carbocycles. The number of piperidine rings is 2. The van der Waals surface area contributed by atoms with E-state index >= 15 is 0 Å². The van der Waals surface area contributed by atoms with E-state index < -0.39 is 0 Å². The first kappa shape index (κ1) is 21.7. The van der Waals surface area contributed by atoms with Gasteiger partial charge in [0.05, 0.1) is 0 Å². The highest BCUT2D eigenvalue weighted by molar-refractivity contribution is 5.44. The number of hydrogen-bond acceptors (Lipinski definition) is 3. The van der Waals surface area contributed by atoms with Crippen molar-refractivity contribution in [3.8, 4) is 5.75 Å². The van der Waals surface area contributed by atoms with Crippen molar-refractivity contribution in [2.75, 3.05) is 32.7 Å². The van der Waals surface area contributed by atoms with Crippen LogP contribution in [0.2, 0.25) is 0 Å². The molecule has 2 aliphatic heterocycles. The molecule has 4 aliphatic rings. The molecule has 5 atom stereocenters. The molecule has 0 unspecified atom stereocenters. The Kier molecular flexibility index (Phi) is 5.34. The van der Waals surface area contributed by atoms with Crippen LogP contribution >= 0.6 is 0 Å². The van der Waals surface area contributed by atoms with E-state index in [1.54, 1.807) is 5.56 Å². The number of phenols is 1. The molecule has 0 aromatic heterocycles. The number of aromatic hydroxyl groups is 1. The van der Waals surface area contributed by atoms with E-state index in [0.29, 0.717) is 23.1 Å². The van der Waals surface area contributed by atoms with Crippen molar-refractivity contribution in [1.82, 2.24) is 9.80 Å². The molecule has 2 heterocycles. The number of phenolic OH excluding ortho intramolecular Hbond substituents is 1. The molecule has 1 saturated carbocycles. The summed E-state index contributed by atoms with van der Waals surface area (Å²) in [5.41, 5.74) is 4.96. The van der Waals surface area contributed by atoms with Crippen molar-refractivity contribution in [2.45, 2.75) is 69.2 Å². The fourth-order valence-corrected chi connectivity index (χ4v) is 7.75. The fraction of sp³-hybridized carbons (Fsp3) is 0.600. The highest BCUT2D eigenvalue weighted by atomic mass is 16.3. The quantitative estimate of drug-likeness (QED) is 0.672. The maximum Gasteiger partial charge on any atom is 0.115 e. The van der Waals surface area contributed by atoms with Crippen LogP contribution in [0, 0.1) is 11.8 Å². The van der Waals surface area contributed by atoms with Gasteiger partial charge in [-0.2, -0.15) is 0 Å². The first-order chi connectivity index (χ1) is 16.0. The normalized spacial score (nSPS) is 36.4. The lowest BCUT2D eigenvalue weighted by Gasteiger charge is -2.55. The molecule has 0 radical (unpaired) electrons. The Hall–Kier alpha value is -1.84. The molecule has 3 heteroatoms. The molecule has 6 rings (SSSR count). The molecular weight excluding hydrogens is 404 g/mol. The zero-order valence-electron chi connectivity index (χ0n) is 20.5. The summed E-state index contributed by atoms with van der Waals surface area (Å²) in [7, 11) is 0. The fourth-order valence-electron chi connectivity index (χ4n) is 7.75. The summed E-state index contributed by atoms with van der Waals surface area (Å²) in [6, 6.07) is 18.2. The zero-order valence-corrected chi connectivity index (χ0v) is 20.5. The van der Waals surface area contributed by atoms with E-state index in [9.17, 15) is 5.11 Å². The van der Waals surface area contributed by atoms with E-state index in [0.717, 1.165) is 12.3 Å². The van der Waals surface area contributed by atoms with Crippen molar-refractivity contribution in [1.29, 1.82) is 0 Å². The van der Waals surface area contributed by atoms with E-state index in [4.69, 9.17) is 0 Å². The Morgan fingerprint density at radius 2 is 1.79 bits per heavy atom. The molecule has 2 bridgehead atoms. The molecular formula is C30H40N2O. The van der Waals surface area contributed by atoms with Crippen molar-refractivity contribution >= 4 is 0 Å². The third-order valence-corrected chi connectivity index (χ3v) is 10.1. The molecule has 0 spiro atoms. The van der Waals surface area contributed by atoms with Gasteiger partial charge in [-0.1, -0.05) is 56.7 Å². The lowest BCUT2D eigenvalue weighted by molar-refractivity contribution is 0.0261. The number of rotatable bonds is 5. The first-order valence-corrected chi connectivity index (χ1v) is 13.3. The van der Waals surface area contributed by atoms with Crippen LogP contribution in [0.15, 0.2) is 48.5 Å². The molecule has 33 heavy (non-hydrogen) atoms. The van der Waals surface area contributed by atoms with Crippen LogP contribution in [-0.2, 0) is 17.3 Å². The van der Waals surface area contributed by atoms with Crippen LogP contribution in [0.25, 0.3) is 0 Å². The van der Waals surface area contributed by atoms with Crippen molar-refractivity contribution < 1.29 is 5.11 Å². The van der Waals surface area contributed by atoms with Gasteiger partial charge in [-0.05, 0) is 97.8 Å². The second-order valence-electron chi connectivity index (χ2n) is 11.8. The van der Waals surface area contributed by atoms with Gasteiger partial charge in [-0.3, -0.25) is 4.90 Å². The molecule has 1 N–H and O–H groups in total. The second kappa shape index (κ2) is 8.13. The van der Waals surface area contributed by atoms with Gasteiger partial charge in [-0.15, -0.1) is 0 Å². The van der Waals surface area contributed by atoms with Gasteiger partial charge < -0.3 is 10.0 Å². The SMILES string of the molecule is C[C@H]1[C@H]2Cc3ccc(O)cc3[C@]1(C)CCN2C[C@@H]1C[C@@]1(CN1CCCCC1)c1ccccc1. The van der Waals surface area contributed by atoms with Gasteiger partial charge in [-0.25, -0.2) is 0 Å². The second-order valence-corrected chi connectivity index (χ2v) is 11.8.